The molecule has 0 unspecified atom stereocenters. The Hall–Kier alpha value is -1.38. The second-order valence-electron chi connectivity index (χ2n) is 3.36. The van der Waals surface area contributed by atoms with E-state index in [1.807, 2.05) is 0 Å². The summed E-state index contributed by atoms with van der Waals surface area (Å²) in [4.78, 5) is 11.3. The summed E-state index contributed by atoms with van der Waals surface area (Å²) in [5.74, 6) is 0.411. The van der Waals surface area contributed by atoms with Gasteiger partial charge in [0.25, 0.3) is 0 Å². The van der Waals surface area contributed by atoms with E-state index in [9.17, 15) is 4.79 Å². The molecule has 0 bridgehead atoms. The lowest BCUT2D eigenvalue weighted by Gasteiger charge is -2.07. The second-order valence-corrected chi connectivity index (χ2v) is 3.36. The SMILES string of the molecule is C=CC(=O)c1ccnn1CC(C)C. The maximum atomic E-state index is 11.3. The molecule has 0 spiro atoms. The maximum absolute atomic E-state index is 11.3. The Labute approximate surface area is 78.1 Å². The van der Waals surface area contributed by atoms with Crippen LogP contribution in [-0.2, 0) is 6.54 Å². The van der Waals surface area contributed by atoms with Gasteiger partial charge in [0.1, 0.15) is 5.69 Å². The molecule has 1 heterocycles. The first-order valence-corrected chi connectivity index (χ1v) is 4.33. The van der Waals surface area contributed by atoms with Crippen LogP contribution in [0.3, 0.4) is 0 Å². The molecule has 0 saturated carbocycles. The Kier molecular flexibility index (Phi) is 3.01. The second kappa shape index (κ2) is 4.03. The van der Waals surface area contributed by atoms with E-state index in [-0.39, 0.29) is 5.78 Å². The zero-order valence-corrected chi connectivity index (χ0v) is 8.03. The molecule has 0 aliphatic carbocycles. The molecule has 0 fully saturated rings. The van der Waals surface area contributed by atoms with Gasteiger partial charge in [0.05, 0.1) is 0 Å². The quantitative estimate of drug-likeness (QED) is 0.521. The molecular formula is C10H14N2O. The third kappa shape index (κ3) is 2.28. The molecule has 0 atom stereocenters. The van der Waals surface area contributed by atoms with E-state index in [1.54, 1.807) is 16.9 Å². The van der Waals surface area contributed by atoms with Crippen molar-refractivity contribution in [3.8, 4) is 0 Å². The van der Waals surface area contributed by atoms with Crippen molar-refractivity contribution in [3.63, 3.8) is 0 Å². The summed E-state index contributed by atoms with van der Waals surface area (Å²) in [6, 6.07) is 1.71. The van der Waals surface area contributed by atoms with Crippen LogP contribution < -0.4 is 0 Å². The van der Waals surface area contributed by atoms with Crippen molar-refractivity contribution in [2.75, 3.05) is 0 Å². The first-order valence-electron chi connectivity index (χ1n) is 4.33. The zero-order chi connectivity index (χ0) is 9.84. The van der Waals surface area contributed by atoms with Crippen LogP contribution in [0.2, 0.25) is 0 Å². The minimum atomic E-state index is -0.0712. The Morgan fingerprint density at radius 1 is 1.77 bits per heavy atom. The third-order valence-electron chi connectivity index (χ3n) is 1.69. The van der Waals surface area contributed by atoms with Crippen molar-refractivity contribution in [1.29, 1.82) is 0 Å². The number of rotatable bonds is 4. The third-order valence-corrected chi connectivity index (χ3v) is 1.69. The van der Waals surface area contributed by atoms with Crippen molar-refractivity contribution in [1.82, 2.24) is 9.78 Å². The summed E-state index contributed by atoms with van der Waals surface area (Å²) in [5.41, 5.74) is 0.615. The molecule has 70 valence electrons. The fraction of sp³-hybridized carbons (Fsp3) is 0.400. The number of ketones is 1. The number of allylic oxidation sites excluding steroid dienone is 1. The van der Waals surface area contributed by atoms with Crippen LogP contribution in [-0.4, -0.2) is 15.6 Å². The van der Waals surface area contributed by atoms with Gasteiger partial charge in [-0.1, -0.05) is 20.4 Å². The molecule has 1 aromatic rings. The van der Waals surface area contributed by atoms with Gasteiger partial charge in [-0.15, -0.1) is 0 Å². The predicted octanol–water partition coefficient (Wildman–Crippen LogP) is 1.91. The highest BCUT2D eigenvalue weighted by Crippen LogP contribution is 2.04. The summed E-state index contributed by atoms with van der Waals surface area (Å²) < 4.78 is 1.72. The van der Waals surface area contributed by atoms with Crippen molar-refractivity contribution >= 4 is 5.78 Å². The molecule has 0 amide bonds. The number of carbonyl (C=O) groups is 1. The van der Waals surface area contributed by atoms with E-state index in [2.05, 4.69) is 25.5 Å². The van der Waals surface area contributed by atoms with Crippen molar-refractivity contribution in [2.45, 2.75) is 20.4 Å². The van der Waals surface area contributed by atoms with Crippen LogP contribution in [0.25, 0.3) is 0 Å². The molecule has 13 heavy (non-hydrogen) atoms. The smallest absolute Gasteiger partial charge is 0.203 e. The fourth-order valence-corrected chi connectivity index (χ4v) is 1.14. The molecule has 0 saturated heterocycles. The highest BCUT2D eigenvalue weighted by molar-refractivity contribution is 6.02. The van der Waals surface area contributed by atoms with Crippen LogP contribution in [0.1, 0.15) is 24.3 Å². The molecule has 1 aromatic heterocycles. The van der Waals surface area contributed by atoms with Gasteiger partial charge in [0.15, 0.2) is 0 Å². The first-order chi connectivity index (χ1) is 6.15. The summed E-state index contributed by atoms with van der Waals surface area (Å²) in [5, 5.41) is 4.07. The number of aromatic nitrogens is 2. The highest BCUT2D eigenvalue weighted by Gasteiger charge is 2.08. The lowest BCUT2D eigenvalue weighted by molar-refractivity contribution is 0.103. The molecule has 0 aliphatic heterocycles. The van der Waals surface area contributed by atoms with Gasteiger partial charge in [-0.2, -0.15) is 5.10 Å². The maximum Gasteiger partial charge on any atom is 0.203 e. The zero-order valence-electron chi connectivity index (χ0n) is 8.03. The fourth-order valence-electron chi connectivity index (χ4n) is 1.14. The highest BCUT2D eigenvalue weighted by atomic mass is 16.1. The van der Waals surface area contributed by atoms with Crippen LogP contribution >= 0.6 is 0 Å². The lowest BCUT2D eigenvalue weighted by Crippen LogP contribution is -2.12. The summed E-state index contributed by atoms with van der Waals surface area (Å²) in [6.07, 6.45) is 2.95. The molecule has 0 radical (unpaired) electrons. The average molecular weight is 178 g/mol. The molecule has 0 aliphatic rings. The van der Waals surface area contributed by atoms with Crippen molar-refractivity contribution in [3.05, 3.63) is 30.6 Å². The van der Waals surface area contributed by atoms with Gasteiger partial charge in [-0.05, 0) is 18.1 Å². The van der Waals surface area contributed by atoms with Gasteiger partial charge in [-0.3, -0.25) is 9.48 Å². The van der Waals surface area contributed by atoms with Crippen molar-refractivity contribution < 1.29 is 4.79 Å². The normalized spacial score (nSPS) is 10.4. The molecular weight excluding hydrogens is 164 g/mol. The van der Waals surface area contributed by atoms with Crippen LogP contribution in [0.15, 0.2) is 24.9 Å². The van der Waals surface area contributed by atoms with Gasteiger partial charge in [0, 0.05) is 12.7 Å². The van der Waals surface area contributed by atoms with Crippen LogP contribution in [0, 0.1) is 5.92 Å². The van der Waals surface area contributed by atoms with E-state index in [4.69, 9.17) is 0 Å². The van der Waals surface area contributed by atoms with Crippen molar-refractivity contribution in [2.24, 2.45) is 5.92 Å². The Bertz CT molecular complexity index is 312. The Morgan fingerprint density at radius 2 is 2.46 bits per heavy atom. The van der Waals surface area contributed by atoms with Gasteiger partial charge < -0.3 is 0 Å². The number of hydrogen-bond acceptors (Lipinski definition) is 2. The van der Waals surface area contributed by atoms with E-state index in [0.717, 1.165) is 6.54 Å². The summed E-state index contributed by atoms with van der Waals surface area (Å²) >= 11 is 0. The molecule has 0 N–H and O–H groups in total. The Balaban J connectivity index is 2.89. The van der Waals surface area contributed by atoms with Crippen LogP contribution in [0.5, 0.6) is 0 Å². The Morgan fingerprint density at radius 3 is 3.00 bits per heavy atom. The number of hydrogen-bond donors (Lipinski definition) is 0. The number of carbonyl (C=O) groups excluding carboxylic acids is 1. The van der Waals surface area contributed by atoms with Crippen LogP contribution in [0.4, 0.5) is 0 Å². The monoisotopic (exact) mass is 178 g/mol. The summed E-state index contributed by atoms with van der Waals surface area (Å²) in [6.45, 7) is 8.39. The lowest BCUT2D eigenvalue weighted by atomic mass is 10.2. The standard InChI is InChI=1S/C10H14N2O/c1-4-10(13)9-5-6-11-12(9)7-8(2)3/h4-6,8H,1,7H2,2-3H3. The average Bonchev–Trinajstić information content (AvgIpc) is 2.50. The summed E-state index contributed by atoms with van der Waals surface area (Å²) in [7, 11) is 0. The van der Waals surface area contributed by atoms with Gasteiger partial charge in [-0.25, -0.2) is 0 Å². The predicted molar refractivity (Wildman–Crippen MR) is 51.6 cm³/mol. The van der Waals surface area contributed by atoms with E-state index < -0.39 is 0 Å². The van der Waals surface area contributed by atoms with E-state index >= 15 is 0 Å². The minimum absolute atomic E-state index is 0.0712. The van der Waals surface area contributed by atoms with E-state index in [1.165, 1.54) is 6.08 Å². The van der Waals surface area contributed by atoms with Gasteiger partial charge >= 0.3 is 0 Å². The largest absolute Gasteiger partial charge is 0.288 e. The minimum Gasteiger partial charge on any atom is -0.288 e. The molecule has 3 nitrogen and oxygen atoms in total. The topological polar surface area (TPSA) is 34.9 Å². The van der Waals surface area contributed by atoms with Gasteiger partial charge in [0.2, 0.25) is 5.78 Å². The number of nitrogens with zero attached hydrogens (tertiary/aromatic N) is 2. The molecule has 0 aromatic carbocycles. The van der Waals surface area contributed by atoms with E-state index in [0.29, 0.717) is 11.6 Å². The first kappa shape index (κ1) is 9.71. The molecule has 3 heteroatoms. The molecule has 1 rings (SSSR count).